The molecular weight excluding hydrogens is 464 g/mol. The van der Waals surface area contributed by atoms with E-state index in [-0.39, 0.29) is 0 Å². The van der Waals surface area contributed by atoms with Crippen molar-refractivity contribution in [3.63, 3.8) is 0 Å². The van der Waals surface area contributed by atoms with Gasteiger partial charge in [-0.05, 0) is 80.2 Å². The second kappa shape index (κ2) is 7.80. The number of hydrogen-bond donors (Lipinski definition) is 0. The van der Waals surface area contributed by atoms with Crippen LogP contribution in [0.1, 0.15) is 5.56 Å². The molecule has 0 saturated carbocycles. The highest BCUT2D eigenvalue weighted by atomic mass is 16.5. The van der Waals surface area contributed by atoms with Crippen molar-refractivity contribution in [2.75, 3.05) is 7.11 Å². The summed E-state index contributed by atoms with van der Waals surface area (Å²) >= 11 is 0. The number of ether oxygens (including phenoxy) is 1. The van der Waals surface area contributed by atoms with Gasteiger partial charge >= 0.3 is 0 Å². The predicted molar refractivity (Wildman–Crippen MR) is 159 cm³/mol. The average Bonchev–Trinajstić information content (AvgIpc) is 3.29. The summed E-state index contributed by atoms with van der Waals surface area (Å²) in [7, 11) is 1.73. The van der Waals surface area contributed by atoms with Crippen LogP contribution in [-0.2, 0) is 0 Å². The lowest BCUT2D eigenvalue weighted by Crippen LogP contribution is -1.96. The van der Waals surface area contributed by atoms with Crippen molar-refractivity contribution < 1.29 is 4.74 Å². The van der Waals surface area contributed by atoms with Gasteiger partial charge in [-0.25, -0.2) is 0 Å². The highest BCUT2D eigenvalue weighted by Crippen LogP contribution is 2.44. The minimum absolute atomic E-state index is 0.857. The summed E-state index contributed by atoms with van der Waals surface area (Å²) in [6.45, 7) is 2.11. The van der Waals surface area contributed by atoms with Crippen molar-refractivity contribution in [2.45, 2.75) is 6.92 Å². The SMILES string of the molecule is COc1cc(C)cc(-n2c3ccncc3c3c4ccc5ccc(-c6ccccc6)c6ccc(cc32)c4c56)c1. The van der Waals surface area contributed by atoms with Crippen LogP contribution in [0.25, 0.3) is 70.9 Å². The van der Waals surface area contributed by atoms with E-state index in [1.54, 1.807) is 7.11 Å². The van der Waals surface area contributed by atoms with Gasteiger partial charge in [0.25, 0.3) is 0 Å². The van der Waals surface area contributed by atoms with E-state index < -0.39 is 0 Å². The molecule has 8 aromatic rings. The maximum absolute atomic E-state index is 5.64. The Labute approximate surface area is 219 Å². The molecule has 8 rings (SSSR count). The molecule has 6 aromatic carbocycles. The fourth-order valence-corrected chi connectivity index (χ4v) is 6.35. The van der Waals surface area contributed by atoms with Gasteiger partial charge in [-0.3, -0.25) is 4.98 Å². The summed E-state index contributed by atoms with van der Waals surface area (Å²) < 4.78 is 7.99. The first-order valence-corrected chi connectivity index (χ1v) is 12.9. The lowest BCUT2D eigenvalue weighted by atomic mass is 9.88. The molecule has 0 unspecified atom stereocenters. The Balaban J connectivity index is 1.55. The van der Waals surface area contributed by atoms with E-state index in [0.29, 0.717) is 0 Å². The number of rotatable bonds is 3. The van der Waals surface area contributed by atoms with E-state index >= 15 is 0 Å². The number of fused-ring (bicyclic) bond motifs is 4. The third kappa shape index (κ3) is 2.87. The van der Waals surface area contributed by atoms with Crippen molar-refractivity contribution in [1.29, 1.82) is 0 Å². The number of methoxy groups -OCH3 is 1. The summed E-state index contributed by atoms with van der Waals surface area (Å²) in [5.41, 5.74) is 7.08. The number of pyridine rings is 1. The molecule has 0 fully saturated rings. The van der Waals surface area contributed by atoms with Crippen LogP contribution in [0.5, 0.6) is 5.75 Å². The van der Waals surface area contributed by atoms with E-state index in [9.17, 15) is 0 Å². The van der Waals surface area contributed by atoms with Crippen LogP contribution >= 0.6 is 0 Å². The molecule has 38 heavy (non-hydrogen) atoms. The van der Waals surface area contributed by atoms with E-state index in [0.717, 1.165) is 27.9 Å². The number of nitrogens with zero attached hydrogens (tertiary/aromatic N) is 2. The zero-order chi connectivity index (χ0) is 25.4. The summed E-state index contributed by atoms with van der Waals surface area (Å²) in [6, 6.07) is 35.2. The zero-order valence-corrected chi connectivity index (χ0v) is 21.2. The molecular formula is C35H24N2O. The van der Waals surface area contributed by atoms with Gasteiger partial charge in [0, 0.05) is 29.2 Å². The topological polar surface area (TPSA) is 27.1 Å². The van der Waals surface area contributed by atoms with Crippen LogP contribution in [0.15, 0.2) is 109 Å². The van der Waals surface area contributed by atoms with Crippen LogP contribution in [0, 0.1) is 6.92 Å². The Morgan fingerprint density at radius 1 is 0.658 bits per heavy atom. The summed E-state index contributed by atoms with van der Waals surface area (Å²) in [4.78, 5) is 4.55. The molecule has 0 radical (unpaired) electrons. The summed E-state index contributed by atoms with van der Waals surface area (Å²) in [5, 5.41) is 10.1. The Bertz CT molecular complexity index is 2170. The third-order valence-corrected chi connectivity index (χ3v) is 7.93. The standard InChI is InChI=1S/C35H24N2O/c1-21-16-25(19-26(17-21)38-2)37-31-14-15-36-20-30(31)35-29-13-9-23-8-11-27(22-6-4-3-5-7-22)28-12-10-24(18-32(35)37)34(29)33(23)28/h3-20H,1-2H3. The number of hydrogen-bond acceptors (Lipinski definition) is 2. The molecule has 0 bridgehead atoms. The number of aromatic nitrogens is 2. The minimum Gasteiger partial charge on any atom is -0.497 e. The van der Waals surface area contributed by atoms with Gasteiger partial charge in [-0.15, -0.1) is 0 Å². The number of benzene rings is 6. The lowest BCUT2D eigenvalue weighted by molar-refractivity contribution is 0.414. The van der Waals surface area contributed by atoms with Gasteiger partial charge in [-0.2, -0.15) is 0 Å². The van der Waals surface area contributed by atoms with Crippen LogP contribution in [0.2, 0.25) is 0 Å². The normalized spacial score (nSPS) is 11.9. The molecule has 3 nitrogen and oxygen atoms in total. The van der Waals surface area contributed by atoms with Crippen LogP contribution in [0.3, 0.4) is 0 Å². The monoisotopic (exact) mass is 488 g/mol. The fourth-order valence-electron chi connectivity index (χ4n) is 6.35. The maximum Gasteiger partial charge on any atom is 0.121 e. The highest BCUT2D eigenvalue weighted by Gasteiger charge is 2.20. The second-order valence-electron chi connectivity index (χ2n) is 10.1. The summed E-state index contributed by atoms with van der Waals surface area (Å²) in [5.74, 6) is 0.857. The zero-order valence-electron chi connectivity index (χ0n) is 21.2. The minimum atomic E-state index is 0.857. The van der Waals surface area contributed by atoms with Gasteiger partial charge in [0.05, 0.1) is 23.8 Å². The Morgan fingerprint density at radius 2 is 1.45 bits per heavy atom. The van der Waals surface area contributed by atoms with Crippen LogP contribution < -0.4 is 4.74 Å². The average molecular weight is 489 g/mol. The second-order valence-corrected chi connectivity index (χ2v) is 10.1. The number of aryl methyl sites for hydroxylation is 1. The fraction of sp³-hybridized carbons (Fsp3) is 0.0571. The molecule has 0 spiro atoms. The van der Waals surface area contributed by atoms with E-state index in [1.807, 2.05) is 12.4 Å². The molecule has 0 N–H and O–H groups in total. The van der Waals surface area contributed by atoms with E-state index in [1.165, 1.54) is 54.3 Å². The quantitative estimate of drug-likeness (QED) is 0.232. The lowest BCUT2D eigenvalue weighted by Gasteiger charge is -2.16. The molecule has 0 atom stereocenters. The van der Waals surface area contributed by atoms with Crippen LogP contribution in [0.4, 0.5) is 0 Å². The Hall–Kier alpha value is -4.89. The first-order valence-electron chi connectivity index (χ1n) is 12.9. The molecule has 2 aromatic heterocycles. The Morgan fingerprint density at radius 3 is 2.32 bits per heavy atom. The third-order valence-electron chi connectivity index (χ3n) is 7.93. The van der Waals surface area contributed by atoms with Gasteiger partial charge < -0.3 is 9.30 Å². The summed E-state index contributed by atoms with van der Waals surface area (Å²) in [6.07, 6.45) is 3.89. The Kier molecular flexibility index (Phi) is 4.36. The first kappa shape index (κ1) is 21.2. The smallest absolute Gasteiger partial charge is 0.121 e. The van der Waals surface area contributed by atoms with Crippen molar-refractivity contribution >= 4 is 54.1 Å². The molecule has 180 valence electrons. The molecule has 0 aliphatic rings. The van der Waals surface area contributed by atoms with Crippen molar-refractivity contribution in [1.82, 2.24) is 9.55 Å². The van der Waals surface area contributed by atoms with Gasteiger partial charge in [-0.1, -0.05) is 66.7 Å². The van der Waals surface area contributed by atoms with Gasteiger partial charge in [0.2, 0.25) is 0 Å². The molecule has 2 heterocycles. The molecule has 0 aliphatic heterocycles. The first-order chi connectivity index (χ1) is 18.7. The molecule has 3 heteroatoms. The largest absolute Gasteiger partial charge is 0.497 e. The van der Waals surface area contributed by atoms with Gasteiger partial charge in [0.15, 0.2) is 0 Å². The molecule has 0 amide bonds. The van der Waals surface area contributed by atoms with Crippen molar-refractivity contribution in [2.24, 2.45) is 0 Å². The predicted octanol–water partition coefficient (Wildman–Crippen LogP) is 9.06. The van der Waals surface area contributed by atoms with Crippen molar-refractivity contribution in [3.8, 4) is 22.6 Å². The van der Waals surface area contributed by atoms with Gasteiger partial charge in [0.1, 0.15) is 5.75 Å². The molecule has 0 saturated heterocycles. The van der Waals surface area contributed by atoms with Crippen LogP contribution in [-0.4, -0.2) is 16.7 Å². The molecule has 0 aliphatic carbocycles. The maximum atomic E-state index is 5.64. The van der Waals surface area contributed by atoms with E-state index in [2.05, 4.69) is 114 Å². The van der Waals surface area contributed by atoms with E-state index in [4.69, 9.17) is 4.74 Å². The van der Waals surface area contributed by atoms with Crippen molar-refractivity contribution in [3.05, 3.63) is 115 Å². The highest BCUT2D eigenvalue weighted by molar-refractivity contribution is 6.33.